The second-order valence-corrected chi connectivity index (χ2v) is 8.26. The Bertz CT molecular complexity index is 1130. The summed E-state index contributed by atoms with van der Waals surface area (Å²) in [6, 6.07) is 7.43. The normalized spacial score (nSPS) is 17.3. The average Bonchev–Trinajstić information content (AvgIpc) is 3.22. The number of hydrogen-bond donors (Lipinski definition) is 0. The third-order valence-corrected chi connectivity index (χ3v) is 5.84. The summed E-state index contributed by atoms with van der Waals surface area (Å²) in [5, 5.41) is 5.22. The first kappa shape index (κ1) is 20.1. The highest BCUT2D eigenvalue weighted by molar-refractivity contribution is 6.09. The number of fused-ring (bicyclic) bond motifs is 1. The van der Waals surface area contributed by atoms with E-state index in [4.69, 9.17) is 4.98 Å². The molecule has 1 aromatic carbocycles. The molecule has 1 atom stereocenters. The minimum atomic E-state index is -0.489. The van der Waals surface area contributed by atoms with Gasteiger partial charge in [0.25, 0.3) is 5.91 Å². The molecule has 4 rings (SSSR count). The number of pyridine rings is 1. The van der Waals surface area contributed by atoms with Crippen molar-refractivity contribution < 1.29 is 9.59 Å². The van der Waals surface area contributed by atoms with Crippen LogP contribution >= 0.6 is 0 Å². The van der Waals surface area contributed by atoms with Crippen LogP contribution in [-0.4, -0.2) is 62.6 Å². The zero-order valence-corrected chi connectivity index (χ0v) is 18.1. The predicted octanol–water partition coefficient (Wildman–Crippen LogP) is 3.29. The summed E-state index contributed by atoms with van der Waals surface area (Å²) in [6.45, 7) is 8.96. The Kier molecular flexibility index (Phi) is 5.05. The van der Waals surface area contributed by atoms with Gasteiger partial charge >= 0.3 is 0 Å². The monoisotopic (exact) mass is 405 g/mol. The van der Waals surface area contributed by atoms with Crippen LogP contribution in [0.25, 0.3) is 22.2 Å². The molecule has 30 heavy (non-hydrogen) atoms. The van der Waals surface area contributed by atoms with Gasteiger partial charge in [-0.05, 0) is 39.3 Å². The van der Waals surface area contributed by atoms with Gasteiger partial charge in [0.2, 0.25) is 5.91 Å². The summed E-state index contributed by atoms with van der Waals surface area (Å²) >= 11 is 0. The molecule has 0 N–H and O–H groups in total. The maximum atomic E-state index is 13.6. The number of carbonyl (C=O) groups is 2. The lowest BCUT2D eigenvalue weighted by molar-refractivity contribution is -0.137. The first-order valence-corrected chi connectivity index (χ1v) is 10.3. The molecule has 0 radical (unpaired) electrons. The van der Waals surface area contributed by atoms with E-state index < -0.39 is 6.04 Å². The largest absolute Gasteiger partial charge is 0.342 e. The van der Waals surface area contributed by atoms with Crippen molar-refractivity contribution in [2.24, 2.45) is 0 Å². The van der Waals surface area contributed by atoms with Gasteiger partial charge in [-0.15, -0.1) is 0 Å². The van der Waals surface area contributed by atoms with Crippen LogP contribution in [0.1, 0.15) is 42.7 Å². The number of aryl methyl sites for hydroxylation is 1. The molecule has 1 unspecified atom stereocenters. The Morgan fingerprint density at radius 3 is 2.70 bits per heavy atom. The molecular weight excluding hydrogens is 378 g/mol. The highest BCUT2D eigenvalue weighted by Crippen LogP contribution is 2.29. The number of piperazine rings is 1. The van der Waals surface area contributed by atoms with Gasteiger partial charge in [0.1, 0.15) is 6.04 Å². The highest BCUT2D eigenvalue weighted by atomic mass is 16.2. The van der Waals surface area contributed by atoms with E-state index in [0.29, 0.717) is 24.3 Å². The van der Waals surface area contributed by atoms with E-state index >= 15 is 0 Å². The maximum absolute atomic E-state index is 13.6. The van der Waals surface area contributed by atoms with Gasteiger partial charge in [-0.25, -0.2) is 4.98 Å². The van der Waals surface area contributed by atoms with Crippen molar-refractivity contribution in [2.75, 3.05) is 20.1 Å². The summed E-state index contributed by atoms with van der Waals surface area (Å²) in [4.78, 5) is 34.2. The van der Waals surface area contributed by atoms with Crippen LogP contribution in [0.2, 0.25) is 0 Å². The molecule has 1 aliphatic heterocycles. The second-order valence-electron chi connectivity index (χ2n) is 8.26. The van der Waals surface area contributed by atoms with Crippen molar-refractivity contribution in [1.82, 2.24) is 24.6 Å². The van der Waals surface area contributed by atoms with E-state index in [2.05, 4.69) is 18.9 Å². The van der Waals surface area contributed by atoms with Crippen LogP contribution in [0.15, 0.2) is 36.7 Å². The fourth-order valence-electron chi connectivity index (χ4n) is 3.92. The van der Waals surface area contributed by atoms with Gasteiger partial charge in [-0.3, -0.25) is 14.3 Å². The first-order chi connectivity index (χ1) is 14.3. The molecule has 3 heterocycles. The van der Waals surface area contributed by atoms with Crippen LogP contribution in [0, 0.1) is 6.92 Å². The van der Waals surface area contributed by atoms with E-state index in [1.807, 2.05) is 42.1 Å². The first-order valence-electron chi connectivity index (χ1n) is 10.3. The summed E-state index contributed by atoms with van der Waals surface area (Å²) in [5.41, 5.74) is 3.94. The standard InChI is InChI=1S/C23H27N5O2/c1-14(2)28-13-17(12-24-28)20-11-19(18-8-6-7-15(3)21(18)25-20)23(30)27-10-9-26(5)22(29)16(27)4/h6-8,11-14,16H,9-10H2,1-5H3. The number of likely N-dealkylation sites (N-methyl/N-ethyl adjacent to an activating group) is 1. The fourth-order valence-corrected chi connectivity index (χ4v) is 3.92. The molecule has 1 fully saturated rings. The van der Waals surface area contributed by atoms with Crippen molar-refractivity contribution in [2.45, 2.75) is 39.8 Å². The smallest absolute Gasteiger partial charge is 0.255 e. The molecule has 3 aromatic rings. The molecular formula is C23H27N5O2. The summed E-state index contributed by atoms with van der Waals surface area (Å²) in [5.74, 6) is -0.179. The van der Waals surface area contributed by atoms with Crippen LogP contribution in [0.5, 0.6) is 0 Å². The summed E-state index contributed by atoms with van der Waals surface area (Å²) < 4.78 is 1.88. The Morgan fingerprint density at radius 2 is 2.00 bits per heavy atom. The number of hydrogen-bond acceptors (Lipinski definition) is 4. The third kappa shape index (κ3) is 3.34. The van der Waals surface area contributed by atoms with Gasteiger partial charge in [0.05, 0.1) is 23.0 Å². The Labute approximate surface area is 176 Å². The molecule has 0 spiro atoms. The number of para-hydroxylation sites is 1. The van der Waals surface area contributed by atoms with E-state index in [1.54, 1.807) is 30.0 Å². The Balaban J connectivity index is 1.85. The third-order valence-electron chi connectivity index (χ3n) is 5.84. The summed E-state index contributed by atoms with van der Waals surface area (Å²) in [6.07, 6.45) is 3.73. The minimum absolute atomic E-state index is 0.0393. The van der Waals surface area contributed by atoms with Gasteiger partial charge in [0, 0.05) is 43.3 Å². The van der Waals surface area contributed by atoms with Crippen molar-refractivity contribution in [3.05, 3.63) is 47.8 Å². The number of carbonyl (C=O) groups excluding carboxylic acids is 2. The number of nitrogens with zero attached hydrogens (tertiary/aromatic N) is 5. The predicted molar refractivity (Wildman–Crippen MR) is 116 cm³/mol. The second kappa shape index (κ2) is 7.55. The molecule has 7 heteroatoms. The molecule has 0 bridgehead atoms. The van der Waals surface area contributed by atoms with Gasteiger partial charge < -0.3 is 9.80 Å². The van der Waals surface area contributed by atoms with Crippen molar-refractivity contribution in [1.29, 1.82) is 0 Å². The number of aromatic nitrogens is 3. The van der Waals surface area contributed by atoms with Crippen molar-refractivity contribution >= 4 is 22.7 Å². The van der Waals surface area contributed by atoms with E-state index in [1.165, 1.54) is 0 Å². The Hall–Kier alpha value is -3.22. The lowest BCUT2D eigenvalue weighted by atomic mass is 10.0. The summed E-state index contributed by atoms with van der Waals surface area (Å²) in [7, 11) is 1.77. The van der Waals surface area contributed by atoms with E-state index in [0.717, 1.165) is 22.0 Å². The fraction of sp³-hybridized carbons (Fsp3) is 0.391. The molecule has 1 aliphatic rings. The topological polar surface area (TPSA) is 71.3 Å². The van der Waals surface area contributed by atoms with Gasteiger partial charge in [-0.1, -0.05) is 18.2 Å². The van der Waals surface area contributed by atoms with Crippen molar-refractivity contribution in [3.8, 4) is 11.3 Å². The molecule has 2 amide bonds. The molecule has 7 nitrogen and oxygen atoms in total. The quantitative estimate of drug-likeness (QED) is 0.670. The highest BCUT2D eigenvalue weighted by Gasteiger charge is 2.34. The molecule has 2 aromatic heterocycles. The van der Waals surface area contributed by atoms with Crippen LogP contribution in [-0.2, 0) is 4.79 Å². The van der Waals surface area contributed by atoms with E-state index in [-0.39, 0.29) is 17.9 Å². The zero-order chi connectivity index (χ0) is 21.6. The van der Waals surface area contributed by atoms with Crippen LogP contribution < -0.4 is 0 Å². The zero-order valence-electron chi connectivity index (χ0n) is 18.1. The number of benzene rings is 1. The van der Waals surface area contributed by atoms with Gasteiger partial charge in [0.15, 0.2) is 0 Å². The SMILES string of the molecule is Cc1cccc2c(C(=O)N3CCN(C)C(=O)C3C)cc(-c3cnn(C(C)C)c3)nc12. The number of rotatable bonds is 3. The van der Waals surface area contributed by atoms with Crippen molar-refractivity contribution in [3.63, 3.8) is 0 Å². The van der Waals surface area contributed by atoms with Crippen LogP contribution in [0.3, 0.4) is 0 Å². The lowest BCUT2D eigenvalue weighted by Crippen LogP contribution is -2.56. The average molecular weight is 406 g/mol. The number of amides is 2. The molecule has 0 aliphatic carbocycles. The minimum Gasteiger partial charge on any atom is -0.342 e. The van der Waals surface area contributed by atoms with Gasteiger partial charge in [-0.2, -0.15) is 5.10 Å². The Morgan fingerprint density at radius 1 is 1.23 bits per heavy atom. The molecule has 0 saturated carbocycles. The molecule has 1 saturated heterocycles. The van der Waals surface area contributed by atoms with E-state index in [9.17, 15) is 9.59 Å². The molecule has 156 valence electrons. The lowest BCUT2D eigenvalue weighted by Gasteiger charge is -2.37. The van der Waals surface area contributed by atoms with Crippen LogP contribution in [0.4, 0.5) is 0 Å². The maximum Gasteiger partial charge on any atom is 0.255 e.